The number of nitriles is 1. The molecule has 25 heavy (non-hydrogen) atoms. The zero-order chi connectivity index (χ0) is 18.2. The lowest BCUT2D eigenvalue weighted by molar-refractivity contribution is -0.123. The van der Waals surface area contributed by atoms with Crippen molar-refractivity contribution >= 4 is 29.2 Å². The number of carbonyl (C=O) groups is 3. The molecule has 0 saturated carbocycles. The Morgan fingerprint density at radius 2 is 1.64 bits per heavy atom. The second-order valence-corrected chi connectivity index (χ2v) is 5.03. The van der Waals surface area contributed by atoms with Gasteiger partial charge in [0.25, 0.3) is 0 Å². The number of esters is 1. The molecular weight excluding hydrogens is 322 g/mol. The Kier molecular flexibility index (Phi) is 5.85. The van der Waals surface area contributed by atoms with Crippen LogP contribution in [0.15, 0.2) is 48.5 Å². The largest absolute Gasteiger partial charge is 0.465 e. The van der Waals surface area contributed by atoms with Gasteiger partial charge in [-0.1, -0.05) is 6.07 Å². The van der Waals surface area contributed by atoms with Gasteiger partial charge in [-0.3, -0.25) is 9.59 Å². The minimum atomic E-state index is -0.520. The van der Waals surface area contributed by atoms with Gasteiger partial charge in [0.1, 0.15) is 6.42 Å². The molecule has 0 bridgehead atoms. The number of hydrogen-bond acceptors (Lipinski definition) is 5. The summed E-state index contributed by atoms with van der Waals surface area (Å²) in [4.78, 5) is 35.3. The van der Waals surface area contributed by atoms with Gasteiger partial charge in [-0.2, -0.15) is 5.26 Å². The summed E-state index contributed by atoms with van der Waals surface area (Å²) in [5, 5.41) is 13.8. The van der Waals surface area contributed by atoms with Crippen LogP contribution in [0.25, 0.3) is 0 Å². The highest BCUT2D eigenvalue weighted by Gasteiger charge is 2.12. The minimum Gasteiger partial charge on any atom is -0.465 e. The van der Waals surface area contributed by atoms with Crippen molar-refractivity contribution in [3.8, 4) is 6.07 Å². The molecule has 2 aromatic rings. The lowest BCUT2D eigenvalue weighted by Gasteiger charge is -2.08. The van der Waals surface area contributed by atoms with E-state index in [1.165, 1.54) is 13.2 Å². The summed E-state index contributed by atoms with van der Waals surface area (Å²) in [5.74, 6) is -1.53. The summed E-state index contributed by atoms with van der Waals surface area (Å²) in [5.41, 5.74) is 1.65. The third-order valence-corrected chi connectivity index (χ3v) is 3.19. The molecule has 0 spiro atoms. The maximum Gasteiger partial charge on any atom is 0.337 e. The number of carbonyl (C=O) groups excluding carboxylic acids is 3. The number of benzene rings is 2. The summed E-state index contributed by atoms with van der Waals surface area (Å²) >= 11 is 0. The Morgan fingerprint density at radius 1 is 1.00 bits per heavy atom. The minimum absolute atomic E-state index is 0.294. The second-order valence-electron chi connectivity index (χ2n) is 5.03. The molecule has 7 nitrogen and oxygen atoms in total. The van der Waals surface area contributed by atoms with Crippen LogP contribution < -0.4 is 10.6 Å². The van der Waals surface area contributed by atoms with Crippen molar-refractivity contribution in [2.75, 3.05) is 17.7 Å². The average molecular weight is 337 g/mol. The number of methoxy groups -OCH3 is 1. The first kappa shape index (κ1) is 17.7. The van der Waals surface area contributed by atoms with Gasteiger partial charge >= 0.3 is 5.97 Å². The molecule has 7 heteroatoms. The number of anilines is 2. The molecule has 2 N–H and O–H groups in total. The van der Waals surface area contributed by atoms with E-state index >= 15 is 0 Å². The molecule has 0 radical (unpaired) electrons. The molecule has 0 aliphatic rings. The van der Waals surface area contributed by atoms with E-state index in [0.717, 1.165) is 0 Å². The molecule has 0 aromatic heterocycles. The van der Waals surface area contributed by atoms with Crippen LogP contribution in [0.4, 0.5) is 11.4 Å². The third kappa shape index (κ3) is 5.18. The van der Waals surface area contributed by atoms with E-state index in [0.29, 0.717) is 22.5 Å². The number of amides is 2. The second kappa shape index (κ2) is 8.26. The maximum absolute atomic E-state index is 11.9. The molecule has 2 aromatic carbocycles. The van der Waals surface area contributed by atoms with Crippen molar-refractivity contribution in [3.63, 3.8) is 0 Å². The van der Waals surface area contributed by atoms with E-state index in [2.05, 4.69) is 15.4 Å². The summed E-state index contributed by atoms with van der Waals surface area (Å²) in [6, 6.07) is 14.5. The molecule has 0 aliphatic carbocycles. The van der Waals surface area contributed by atoms with Crippen LogP contribution >= 0.6 is 0 Å². The highest BCUT2D eigenvalue weighted by molar-refractivity contribution is 6.08. The smallest absolute Gasteiger partial charge is 0.337 e. The molecule has 0 saturated heterocycles. The van der Waals surface area contributed by atoms with Gasteiger partial charge in [0.05, 0.1) is 24.3 Å². The SMILES string of the molecule is COC(=O)c1cccc(NC(=O)CC(=O)Nc2ccc(C#N)cc2)c1. The van der Waals surface area contributed by atoms with Crippen LogP contribution in [-0.4, -0.2) is 24.9 Å². The Hall–Kier alpha value is -3.66. The first-order valence-corrected chi connectivity index (χ1v) is 7.30. The average Bonchev–Trinajstić information content (AvgIpc) is 2.61. The number of ether oxygens (including phenoxy) is 1. The zero-order valence-corrected chi connectivity index (χ0v) is 13.4. The van der Waals surface area contributed by atoms with Gasteiger partial charge in [0.15, 0.2) is 0 Å². The molecule has 0 heterocycles. The molecule has 126 valence electrons. The number of rotatable bonds is 5. The lowest BCUT2D eigenvalue weighted by atomic mass is 10.2. The highest BCUT2D eigenvalue weighted by atomic mass is 16.5. The van der Waals surface area contributed by atoms with E-state index in [1.807, 2.05) is 6.07 Å². The Morgan fingerprint density at radius 3 is 2.24 bits per heavy atom. The van der Waals surface area contributed by atoms with E-state index in [1.54, 1.807) is 42.5 Å². The van der Waals surface area contributed by atoms with Crippen LogP contribution in [0.1, 0.15) is 22.3 Å². The number of nitrogens with one attached hydrogen (secondary N) is 2. The number of hydrogen-bond donors (Lipinski definition) is 2. The predicted octanol–water partition coefficient (Wildman–Crippen LogP) is 2.31. The predicted molar refractivity (Wildman–Crippen MR) is 90.8 cm³/mol. The summed E-state index contributed by atoms with van der Waals surface area (Å²) in [6.07, 6.45) is -0.386. The van der Waals surface area contributed by atoms with Gasteiger partial charge in [-0.25, -0.2) is 4.79 Å². The Balaban J connectivity index is 1.92. The van der Waals surface area contributed by atoms with Crippen LogP contribution in [0.5, 0.6) is 0 Å². The topological polar surface area (TPSA) is 108 Å². The van der Waals surface area contributed by atoms with Crippen molar-refractivity contribution in [1.29, 1.82) is 5.26 Å². The monoisotopic (exact) mass is 337 g/mol. The van der Waals surface area contributed by atoms with Gasteiger partial charge in [-0.05, 0) is 42.5 Å². The molecule has 0 aliphatic heterocycles. The standard InChI is InChI=1S/C18H15N3O4/c1-25-18(24)13-3-2-4-15(9-13)21-17(23)10-16(22)20-14-7-5-12(11-19)6-8-14/h2-9H,10H2,1H3,(H,20,22)(H,21,23). The highest BCUT2D eigenvalue weighted by Crippen LogP contribution is 2.13. The fraction of sp³-hybridized carbons (Fsp3) is 0.111. The summed E-state index contributed by atoms with van der Waals surface area (Å²) in [7, 11) is 1.26. The molecule has 0 fully saturated rings. The van der Waals surface area contributed by atoms with Crippen molar-refractivity contribution in [2.45, 2.75) is 6.42 Å². The normalized spacial score (nSPS) is 9.60. The zero-order valence-electron chi connectivity index (χ0n) is 13.4. The van der Waals surface area contributed by atoms with Gasteiger partial charge in [-0.15, -0.1) is 0 Å². The quantitative estimate of drug-likeness (QED) is 0.643. The molecular formula is C18H15N3O4. The third-order valence-electron chi connectivity index (χ3n) is 3.19. The van der Waals surface area contributed by atoms with Crippen LogP contribution in [0, 0.1) is 11.3 Å². The van der Waals surface area contributed by atoms with Crippen molar-refractivity contribution in [3.05, 3.63) is 59.7 Å². The first-order valence-electron chi connectivity index (χ1n) is 7.30. The van der Waals surface area contributed by atoms with E-state index in [9.17, 15) is 14.4 Å². The van der Waals surface area contributed by atoms with E-state index < -0.39 is 17.8 Å². The van der Waals surface area contributed by atoms with Gasteiger partial charge in [0.2, 0.25) is 11.8 Å². The number of nitrogens with zero attached hydrogens (tertiary/aromatic N) is 1. The summed E-state index contributed by atoms with van der Waals surface area (Å²) in [6.45, 7) is 0. The molecule has 0 atom stereocenters. The first-order chi connectivity index (χ1) is 12.0. The van der Waals surface area contributed by atoms with Crippen LogP contribution in [-0.2, 0) is 14.3 Å². The molecule has 2 amide bonds. The Bertz CT molecular complexity index is 838. The summed E-state index contributed by atoms with van der Waals surface area (Å²) < 4.78 is 4.61. The molecule has 0 unspecified atom stereocenters. The van der Waals surface area contributed by atoms with Crippen LogP contribution in [0.2, 0.25) is 0 Å². The van der Waals surface area contributed by atoms with Crippen molar-refractivity contribution in [1.82, 2.24) is 0 Å². The van der Waals surface area contributed by atoms with Crippen molar-refractivity contribution in [2.24, 2.45) is 0 Å². The fourth-order valence-corrected chi connectivity index (χ4v) is 2.03. The van der Waals surface area contributed by atoms with Crippen LogP contribution in [0.3, 0.4) is 0 Å². The Labute approximate surface area is 144 Å². The van der Waals surface area contributed by atoms with Crippen molar-refractivity contribution < 1.29 is 19.1 Å². The fourth-order valence-electron chi connectivity index (χ4n) is 2.03. The van der Waals surface area contributed by atoms with E-state index in [-0.39, 0.29) is 6.42 Å². The maximum atomic E-state index is 11.9. The van der Waals surface area contributed by atoms with Gasteiger partial charge in [0, 0.05) is 11.4 Å². The van der Waals surface area contributed by atoms with Gasteiger partial charge < -0.3 is 15.4 Å². The van der Waals surface area contributed by atoms with E-state index in [4.69, 9.17) is 5.26 Å². The molecule has 2 rings (SSSR count). The lowest BCUT2D eigenvalue weighted by Crippen LogP contribution is -2.21.